The van der Waals surface area contributed by atoms with Crippen molar-refractivity contribution in [2.75, 3.05) is 13.7 Å². The molecule has 0 spiro atoms. The van der Waals surface area contributed by atoms with Gasteiger partial charge in [0.05, 0.1) is 31.7 Å². The zero-order valence-electron chi connectivity index (χ0n) is 29.2. The molecule has 1 aromatic heterocycles. The Morgan fingerprint density at radius 3 is 2.20 bits per heavy atom. The van der Waals surface area contributed by atoms with Gasteiger partial charge in [0.25, 0.3) is 0 Å². The van der Waals surface area contributed by atoms with Gasteiger partial charge in [-0.05, 0) is 43.1 Å². The maximum Gasteiger partial charge on any atom is 0.334 e. The lowest BCUT2D eigenvalue weighted by molar-refractivity contribution is -0.320. The van der Waals surface area contributed by atoms with Crippen LogP contribution in [0.4, 0.5) is 0 Å². The highest BCUT2D eigenvalue weighted by Crippen LogP contribution is 2.66. The third kappa shape index (κ3) is 7.02. The standard InChI is InChI=1S/C35H44O15/c1-17(36)44-16-25-28(45-18(2)37)29(46-19(3)38)30(47-20(4)39)33(49-25)48-24(21-11-12-43-15-21)14-34(5)23-13-27(50-32(23)41)35(6)22(31(40)42-7)9-8-10-26(34)35/h9,11-12,15,23-30,33H,8,10,13-14,16H2,1-7H3/t23?,24?,25?,26-,27?,28?,29?,30?,33?,34?,35?/m0/s1. The minimum absolute atomic E-state index is 0.181. The lowest BCUT2D eigenvalue weighted by atomic mass is 9.46. The second kappa shape index (κ2) is 14.5. The largest absolute Gasteiger partial charge is 0.472 e. The number of hydrogen-bond donors (Lipinski definition) is 0. The molecule has 2 aliphatic heterocycles. The molecular formula is C35H44O15. The molecule has 3 fully saturated rings. The van der Waals surface area contributed by atoms with Crippen LogP contribution in [0, 0.1) is 22.7 Å². The maximum absolute atomic E-state index is 13.5. The van der Waals surface area contributed by atoms with E-state index in [1.165, 1.54) is 26.6 Å². The van der Waals surface area contributed by atoms with Gasteiger partial charge in [0.1, 0.15) is 18.8 Å². The highest BCUT2D eigenvalue weighted by atomic mass is 16.7. The van der Waals surface area contributed by atoms with E-state index in [1.54, 1.807) is 6.07 Å². The topological polar surface area (TPSA) is 189 Å². The molecule has 0 N–H and O–H groups in total. The van der Waals surface area contributed by atoms with Crippen LogP contribution in [-0.4, -0.2) is 86.3 Å². The molecule has 274 valence electrons. The molecule has 2 aliphatic carbocycles. The molecular weight excluding hydrogens is 660 g/mol. The van der Waals surface area contributed by atoms with E-state index in [4.69, 9.17) is 42.3 Å². The van der Waals surface area contributed by atoms with E-state index in [1.807, 2.05) is 19.9 Å². The van der Waals surface area contributed by atoms with Gasteiger partial charge in [-0.3, -0.25) is 24.0 Å². The first-order valence-electron chi connectivity index (χ1n) is 16.6. The average molecular weight is 705 g/mol. The minimum Gasteiger partial charge on any atom is -0.472 e. The number of esters is 6. The Hall–Kier alpha value is -4.24. The molecule has 0 amide bonds. The summed E-state index contributed by atoms with van der Waals surface area (Å²) in [4.78, 5) is 75.5. The van der Waals surface area contributed by atoms with E-state index < -0.39 is 96.1 Å². The number of carbonyl (C=O) groups excluding carboxylic acids is 6. The second-order valence-electron chi connectivity index (χ2n) is 13.7. The van der Waals surface area contributed by atoms with Crippen LogP contribution >= 0.6 is 0 Å². The summed E-state index contributed by atoms with van der Waals surface area (Å²) < 4.78 is 51.4. The van der Waals surface area contributed by atoms with Crippen LogP contribution in [0.15, 0.2) is 34.7 Å². The zero-order chi connectivity index (χ0) is 36.5. The van der Waals surface area contributed by atoms with Crippen LogP contribution < -0.4 is 0 Å². The second-order valence-corrected chi connectivity index (χ2v) is 13.7. The van der Waals surface area contributed by atoms with Gasteiger partial charge in [-0.1, -0.05) is 19.9 Å². The Kier molecular flexibility index (Phi) is 10.8. The fourth-order valence-electron chi connectivity index (χ4n) is 8.50. The van der Waals surface area contributed by atoms with E-state index in [2.05, 4.69) is 0 Å². The van der Waals surface area contributed by atoms with Crippen molar-refractivity contribution in [3.63, 3.8) is 0 Å². The van der Waals surface area contributed by atoms with E-state index in [0.29, 0.717) is 30.4 Å². The lowest BCUT2D eigenvalue weighted by Crippen LogP contribution is -2.63. The summed E-state index contributed by atoms with van der Waals surface area (Å²) in [5.41, 5.74) is -0.681. The normalized spacial score (nSPS) is 35.0. The first kappa shape index (κ1) is 37.0. The third-order valence-corrected chi connectivity index (χ3v) is 10.6. The molecule has 50 heavy (non-hydrogen) atoms. The summed E-state index contributed by atoms with van der Waals surface area (Å²) in [6.45, 7) is 8.08. The third-order valence-electron chi connectivity index (χ3n) is 10.6. The summed E-state index contributed by atoms with van der Waals surface area (Å²) >= 11 is 0. The van der Waals surface area contributed by atoms with E-state index in [0.717, 1.165) is 20.8 Å². The molecule has 3 heterocycles. The number of furan rings is 1. The first-order valence-corrected chi connectivity index (χ1v) is 16.6. The van der Waals surface area contributed by atoms with Crippen molar-refractivity contribution < 1.29 is 71.1 Å². The summed E-state index contributed by atoms with van der Waals surface area (Å²) in [6.07, 6.45) is -1.84. The zero-order valence-corrected chi connectivity index (χ0v) is 29.2. The summed E-state index contributed by atoms with van der Waals surface area (Å²) in [6, 6.07) is 1.68. The molecule has 10 unspecified atom stereocenters. The number of methoxy groups -OCH3 is 1. The Morgan fingerprint density at radius 1 is 0.940 bits per heavy atom. The predicted molar refractivity (Wildman–Crippen MR) is 166 cm³/mol. The van der Waals surface area contributed by atoms with Crippen LogP contribution in [0.1, 0.15) is 78.9 Å². The molecule has 15 nitrogen and oxygen atoms in total. The van der Waals surface area contributed by atoms with Crippen molar-refractivity contribution >= 4 is 35.8 Å². The highest BCUT2D eigenvalue weighted by molar-refractivity contribution is 5.91. The van der Waals surface area contributed by atoms with Gasteiger partial charge >= 0.3 is 35.8 Å². The SMILES string of the molecule is COC(=O)C1=CCC[C@H]2C(C)(CC(OC3OC(COC(C)=O)C(OC(C)=O)C(OC(C)=O)C3OC(C)=O)c3ccoc3)C3CC(OC3=O)C12C. The van der Waals surface area contributed by atoms with E-state index in [-0.39, 0.29) is 18.3 Å². The Labute approximate surface area is 289 Å². The molecule has 0 radical (unpaired) electrons. The van der Waals surface area contributed by atoms with Crippen molar-refractivity contribution in [1.29, 1.82) is 0 Å². The van der Waals surface area contributed by atoms with Crippen LogP contribution in [0.2, 0.25) is 0 Å². The van der Waals surface area contributed by atoms with Gasteiger partial charge in [0, 0.05) is 44.2 Å². The highest BCUT2D eigenvalue weighted by Gasteiger charge is 2.68. The molecule has 2 saturated heterocycles. The van der Waals surface area contributed by atoms with Gasteiger partial charge in [-0.15, -0.1) is 0 Å². The van der Waals surface area contributed by atoms with Crippen molar-refractivity contribution in [2.45, 2.75) is 110 Å². The van der Waals surface area contributed by atoms with Crippen molar-refractivity contribution in [2.24, 2.45) is 22.7 Å². The van der Waals surface area contributed by atoms with Crippen molar-refractivity contribution in [3.05, 3.63) is 35.8 Å². The summed E-state index contributed by atoms with van der Waals surface area (Å²) in [5, 5.41) is 0. The molecule has 4 aliphatic rings. The average Bonchev–Trinajstić information content (AvgIpc) is 3.71. The van der Waals surface area contributed by atoms with E-state index >= 15 is 0 Å². The molecule has 5 rings (SSSR count). The van der Waals surface area contributed by atoms with Crippen LogP contribution in [-0.2, 0) is 66.7 Å². The van der Waals surface area contributed by atoms with Gasteiger partial charge in [0.2, 0.25) is 0 Å². The molecule has 2 bridgehead atoms. The van der Waals surface area contributed by atoms with Crippen LogP contribution in [0.25, 0.3) is 0 Å². The minimum atomic E-state index is -1.48. The van der Waals surface area contributed by atoms with Crippen molar-refractivity contribution in [3.8, 4) is 0 Å². The smallest absolute Gasteiger partial charge is 0.334 e. The van der Waals surface area contributed by atoms with Gasteiger partial charge in [-0.2, -0.15) is 0 Å². The number of ether oxygens (including phenoxy) is 8. The fraction of sp³-hybridized carbons (Fsp3) is 0.657. The maximum atomic E-state index is 13.5. The lowest BCUT2D eigenvalue weighted by Gasteiger charge is -2.56. The monoisotopic (exact) mass is 704 g/mol. The van der Waals surface area contributed by atoms with Crippen LogP contribution in [0.5, 0.6) is 0 Å². The summed E-state index contributed by atoms with van der Waals surface area (Å²) in [5.74, 6) is -4.62. The number of hydrogen-bond acceptors (Lipinski definition) is 15. The summed E-state index contributed by atoms with van der Waals surface area (Å²) in [7, 11) is 1.32. The predicted octanol–water partition coefficient (Wildman–Crippen LogP) is 3.28. The van der Waals surface area contributed by atoms with Gasteiger partial charge < -0.3 is 42.3 Å². The molecule has 1 saturated carbocycles. The fourth-order valence-corrected chi connectivity index (χ4v) is 8.50. The number of fused-ring (bicyclic) bond motifs is 4. The van der Waals surface area contributed by atoms with Crippen LogP contribution in [0.3, 0.4) is 0 Å². The quantitative estimate of drug-likeness (QED) is 0.241. The van der Waals surface area contributed by atoms with E-state index in [9.17, 15) is 28.8 Å². The number of rotatable bonds is 11. The van der Waals surface area contributed by atoms with Gasteiger partial charge in [-0.25, -0.2) is 4.79 Å². The Bertz CT molecular complexity index is 1520. The number of carbonyl (C=O) groups is 6. The molecule has 11 atom stereocenters. The molecule has 15 heteroatoms. The van der Waals surface area contributed by atoms with Gasteiger partial charge in [0.15, 0.2) is 24.6 Å². The van der Waals surface area contributed by atoms with Crippen molar-refractivity contribution in [1.82, 2.24) is 0 Å². The molecule has 0 aromatic carbocycles. The Balaban J connectivity index is 1.56. The molecule has 1 aromatic rings. The first-order chi connectivity index (χ1) is 23.6. The Morgan fingerprint density at radius 2 is 1.60 bits per heavy atom. The number of allylic oxidation sites excluding steroid dienone is 1.